The van der Waals surface area contributed by atoms with Crippen LogP contribution in [0, 0.1) is 0 Å². The molecule has 0 aliphatic heterocycles. The molecule has 0 aromatic carbocycles. The molecule has 0 spiro atoms. The van der Waals surface area contributed by atoms with Crippen molar-refractivity contribution in [3.63, 3.8) is 0 Å². The summed E-state index contributed by atoms with van der Waals surface area (Å²) in [7, 11) is 0. The third-order valence-corrected chi connectivity index (χ3v) is 0. The number of rotatable bonds is 0. The minimum Gasteiger partial charge on any atom is -0.344 e. The Morgan fingerprint density at radius 3 is 1.00 bits per heavy atom. The number of hydrogen-bond acceptors (Lipinski definition) is 1. The first-order valence-electron chi connectivity index (χ1n) is 0. The van der Waals surface area contributed by atoms with Gasteiger partial charge in [0.2, 0.25) is 0 Å². The molecule has 0 radical (unpaired) electrons. The zero-order chi connectivity index (χ0) is 0. The summed E-state index contributed by atoms with van der Waals surface area (Å²) >= 11 is 0. The van der Waals surface area contributed by atoms with E-state index in [1.54, 1.807) is 0 Å². The SMILES string of the molecule is B.N.P.[Mo]. The molecule has 0 bridgehead atoms. The van der Waals surface area contributed by atoms with E-state index in [4.69, 9.17) is 0 Å². The van der Waals surface area contributed by atoms with Gasteiger partial charge in [0, 0.05) is 21.1 Å². The van der Waals surface area contributed by atoms with Crippen LogP contribution in [0.4, 0.5) is 0 Å². The van der Waals surface area contributed by atoms with Crippen molar-refractivity contribution < 1.29 is 21.1 Å². The van der Waals surface area contributed by atoms with Crippen LogP contribution in [0.2, 0.25) is 0 Å². The second-order valence-corrected chi connectivity index (χ2v) is 0. The first kappa shape index (κ1) is 67.6. The zero-order valence-electron chi connectivity index (χ0n) is 1.82. The van der Waals surface area contributed by atoms with Gasteiger partial charge in [-0.2, -0.15) is 9.90 Å². The Kier molecular flexibility index (Phi) is 529. The maximum Gasteiger partial charge on any atom is 0.0814 e. The molecule has 28 valence electrons. The summed E-state index contributed by atoms with van der Waals surface area (Å²) in [5, 5.41) is 0. The zero-order valence-corrected chi connectivity index (χ0v) is 5.24. The first-order valence-corrected chi connectivity index (χ1v) is 0. The van der Waals surface area contributed by atoms with Crippen molar-refractivity contribution in [3.05, 3.63) is 0 Å². The fourth-order valence-electron chi connectivity index (χ4n) is 0. The Morgan fingerprint density at radius 1 is 1.00 bits per heavy atom. The van der Waals surface area contributed by atoms with Crippen molar-refractivity contribution in [1.29, 1.82) is 0 Å². The summed E-state index contributed by atoms with van der Waals surface area (Å²) in [6.45, 7) is 0. The predicted molar refractivity (Wildman–Crippen MR) is 26.1 cm³/mol. The Bertz CT molecular complexity index is 8.00. The quantitative estimate of drug-likeness (QED) is 0.360. The Morgan fingerprint density at radius 2 is 1.00 bits per heavy atom. The van der Waals surface area contributed by atoms with Crippen molar-refractivity contribution in [2.75, 3.05) is 0 Å². The van der Waals surface area contributed by atoms with Crippen LogP contribution in [0.1, 0.15) is 0 Å². The predicted octanol–water partition coefficient (Wildman–Crippen LogP) is -0.966. The fourth-order valence-corrected chi connectivity index (χ4v) is 0. The summed E-state index contributed by atoms with van der Waals surface area (Å²) in [6, 6.07) is 0. The molecule has 0 aliphatic rings. The minimum atomic E-state index is 0. The molecule has 0 aromatic heterocycles. The van der Waals surface area contributed by atoms with E-state index in [0.29, 0.717) is 0 Å². The van der Waals surface area contributed by atoms with Crippen molar-refractivity contribution in [2.24, 2.45) is 0 Å². The summed E-state index contributed by atoms with van der Waals surface area (Å²) in [6.07, 6.45) is 0. The molecule has 4 heavy (non-hydrogen) atoms. The van der Waals surface area contributed by atoms with Crippen molar-refractivity contribution in [3.8, 4) is 0 Å². The van der Waals surface area contributed by atoms with Gasteiger partial charge in [0.05, 0.1) is 8.41 Å². The second kappa shape index (κ2) is 31.3. The summed E-state index contributed by atoms with van der Waals surface area (Å²) in [4.78, 5) is 0. The van der Waals surface area contributed by atoms with Crippen molar-refractivity contribution in [2.45, 2.75) is 0 Å². The smallest absolute Gasteiger partial charge is 0.0814 e. The van der Waals surface area contributed by atoms with E-state index in [9.17, 15) is 0 Å². The molecule has 0 heterocycles. The maximum absolute atomic E-state index is 0. The van der Waals surface area contributed by atoms with Crippen LogP contribution in [0.15, 0.2) is 0 Å². The first-order chi connectivity index (χ1) is 0. The van der Waals surface area contributed by atoms with E-state index in [2.05, 4.69) is 0 Å². The minimum absolute atomic E-state index is 0. The molecule has 1 nitrogen and oxygen atoms in total. The van der Waals surface area contributed by atoms with Gasteiger partial charge in [-0.05, 0) is 0 Å². The molecular formula is H9BMoNP. The Balaban J connectivity index is 0. The Labute approximate surface area is 46.0 Å². The third-order valence-electron chi connectivity index (χ3n) is 0. The molecule has 3 N–H and O–H groups in total. The van der Waals surface area contributed by atoms with Gasteiger partial charge in [0.1, 0.15) is 0 Å². The van der Waals surface area contributed by atoms with Gasteiger partial charge in [-0.25, -0.2) is 0 Å². The molecule has 0 amide bonds. The van der Waals surface area contributed by atoms with Crippen LogP contribution in [0.25, 0.3) is 0 Å². The Hall–Kier alpha value is 1.14. The second-order valence-electron chi connectivity index (χ2n) is 0. The van der Waals surface area contributed by atoms with Crippen LogP contribution in [0.5, 0.6) is 0 Å². The number of hydrogen-bond donors (Lipinski definition) is 1. The topological polar surface area (TPSA) is 35.0 Å². The van der Waals surface area contributed by atoms with E-state index in [-0.39, 0.29) is 45.5 Å². The van der Waals surface area contributed by atoms with Gasteiger partial charge in [0.15, 0.2) is 0 Å². The van der Waals surface area contributed by atoms with E-state index < -0.39 is 0 Å². The van der Waals surface area contributed by atoms with Crippen LogP contribution in [-0.2, 0) is 21.1 Å². The summed E-state index contributed by atoms with van der Waals surface area (Å²) < 4.78 is 0. The van der Waals surface area contributed by atoms with Gasteiger partial charge in [-0.1, -0.05) is 0 Å². The van der Waals surface area contributed by atoms with Gasteiger partial charge in [-0.15, -0.1) is 0 Å². The standard InChI is InChI=1S/BH3.Mo.H3N.H3P/h1H3;;2*1H3. The molecular weight excluding hydrogens is 152 g/mol. The van der Waals surface area contributed by atoms with E-state index in [0.717, 1.165) is 0 Å². The summed E-state index contributed by atoms with van der Waals surface area (Å²) in [5.41, 5.74) is 0. The molecule has 0 saturated carbocycles. The van der Waals surface area contributed by atoms with Gasteiger partial charge < -0.3 is 6.15 Å². The normalized spacial score (nSPS) is 0. The van der Waals surface area contributed by atoms with Gasteiger partial charge >= 0.3 is 0 Å². The largest absolute Gasteiger partial charge is 0.344 e. The molecule has 1 atom stereocenters. The molecule has 0 aromatic rings. The van der Waals surface area contributed by atoms with E-state index in [1.807, 2.05) is 0 Å². The average molecular weight is 161 g/mol. The molecule has 0 fully saturated rings. The fraction of sp³-hybridized carbons (Fsp3) is 0. The van der Waals surface area contributed by atoms with Crippen LogP contribution < -0.4 is 6.15 Å². The van der Waals surface area contributed by atoms with Gasteiger partial charge in [-0.3, -0.25) is 0 Å². The van der Waals surface area contributed by atoms with E-state index in [1.165, 1.54) is 0 Å². The summed E-state index contributed by atoms with van der Waals surface area (Å²) in [5.74, 6) is 0. The van der Waals surface area contributed by atoms with Crippen LogP contribution in [0.3, 0.4) is 0 Å². The van der Waals surface area contributed by atoms with Crippen molar-refractivity contribution in [1.82, 2.24) is 6.15 Å². The maximum atomic E-state index is 0. The van der Waals surface area contributed by atoms with Gasteiger partial charge in [0.25, 0.3) is 0 Å². The molecule has 0 aliphatic carbocycles. The van der Waals surface area contributed by atoms with E-state index >= 15 is 0 Å². The van der Waals surface area contributed by atoms with Crippen molar-refractivity contribution >= 4 is 18.3 Å². The third kappa shape index (κ3) is 11.0. The van der Waals surface area contributed by atoms with Crippen LogP contribution in [-0.4, -0.2) is 8.41 Å². The molecule has 0 saturated heterocycles. The molecule has 1 unspecified atom stereocenters. The molecule has 4 heteroatoms. The monoisotopic (exact) mass is 163 g/mol. The average Bonchev–Trinajstić information content (AvgIpc) is 0. The van der Waals surface area contributed by atoms with Crippen LogP contribution >= 0.6 is 9.90 Å². The molecule has 0 rings (SSSR count).